The maximum absolute atomic E-state index is 4.78. The summed E-state index contributed by atoms with van der Waals surface area (Å²) in [5.41, 5.74) is 8.27. The van der Waals surface area contributed by atoms with Crippen LogP contribution in [-0.4, -0.2) is 24.9 Å². The second kappa shape index (κ2) is 5.08. The van der Waals surface area contributed by atoms with Crippen LogP contribution in [0.1, 0.15) is 11.4 Å². The van der Waals surface area contributed by atoms with Gasteiger partial charge in [-0.25, -0.2) is 9.97 Å². The van der Waals surface area contributed by atoms with E-state index >= 15 is 0 Å². The normalized spacial score (nSPS) is 11.6. The van der Waals surface area contributed by atoms with Crippen LogP contribution in [0.3, 0.4) is 0 Å². The highest BCUT2D eigenvalue weighted by Crippen LogP contribution is 2.36. The van der Waals surface area contributed by atoms with E-state index < -0.39 is 0 Å². The number of aromatic nitrogens is 5. The smallest absolute Gasteiger partial charge is 0.141 e. The Labute approximate surface area is 144 Å². The van der Waals surface area contributed by atoms with Gasteiger partial charge < -0.3 is 15.0 Å². The first-order valence-electron chi connectivity index (χ1n) is 8.30. The average molecular weight is 327 g/mol. The van der Waals surface area contributed by atoms with Crippen molar-refractivity contribution >= 4 is 22.1 Å². The van der Waals surface area contributed by atoms with Gasteiger partial charge in [0.2, 0.25) is 0 Å². The molecule has 0 unspecified atom stereocenters. The topological polar surface area (TPSA) is 73.2 Å². The minimum Gasteiger partial charge on any atom is -0.361 e. The van der Waals surface area contributed by atoms with E-state index in [1.807, 2.05) is 48.5 Å². The molecule has 0 bridgehead atoms. The Kier molecular flexibility index (Phi) is 2.85. The number of fused-ring (bicyclic) bond motifs is 2. The molecule has 0 atom stereocenters. The molecule has 0 saturated heterocycles. The Balaban J connectivity index is 1.77. The lowest BCUT2D eigenvalue weighted by atomic mass is 10.1. The van der Waals surface area contributed by atoms with Gasteiger partial charge in [-0.1, -0.05) is 24.3 Å². The fourth-order valence-corrected chi connectivity index (χ4v) is 3.52. The molecule has 0 aliphatic heterocycles. The number of aromatic amines is 3. The van der Waals surface area contributed by atoms with Gasteiger partial charge in [0.25, 0.3) is 0 Å². The monoisotopic (exact) mass is 327 g/mol. The molecule has 122 valence electrons. The Morgan fingerprint density at radius 2 is 1.04 bits per heavy atom. The fraction of sp³-hybridized carbons (Fsp3) is 0.100. The van der Waals surface area contributed by atoms with E-state index in [2.05, 4.69) is 28.8 Å². The summed E-state index contributed by atoms with van der Waals surface area (Å²) in [5.74, 6) is 1.72. The van der Waals surface area contributed by atoms with E-state index in [1.54, 1.807) is 0 Å². The van der Waals surface area contributed by atoms with E-state index in [1.165, 1.54) is 0 Å². The van der Waals surface area contributed by atoms with Crippen molar-refractivity contribution < 1.29 is 0 Å². The van der Waals surface area contributed by atoms with Crippen LogP contribution in [0.4, 0.5) is 0 Å². The standard InChI is InChI=1S/C20H17N5/c1-11-17(19-22-13-7-3-4-8-14(13)23-19)18(12(2)21-11)20-24-15-9-5-6-10-16(15)25-20/h3-10,21H,1-2H3,(H,22,23)(H,24,25). The van der Waals surface area contributed by atoms with Gasteiger partial charge in [-0.2, -0.15) is 0 Å². The molecule has 0 spiro atoms. The number of imidazole rings is 2. The molecule has 5 rings (SSSR count). The van der Waals surface area contributed by atoms with E-state index in [0.29, 0.717) is 0 Å². The van der Waals surface area contributed by atoms with Gasteiger partial charge >= 0.3 is 0 Å². The molecule has 0 aliphatic carbocycles. The van der Waals surface area contributed by atoms with Crippen molar-refractivity contribution in [2.75, 3.05) is 0 Å². The number of aryl methyl sites for hydroxylation is 2. The van der Waals surface area contributed by atoms with E-state index in [9.17, 15) is 0 Å². The molecule has 2 aromatic carbocycles. The molecule has 5 aromatic rings. The molecule has 0 fully saturated rings. The third kappa shape index (κ3) is 2.09. The number of para-hydroxylation sites is 4. The molecule has 3 N–H and O–H groups in total. The second-order valence-corrected chi connectivity index (χ2v) is 6.33. The highest BCUT2D eigenvalue weighted by molar-refractivity contribution is 5.89. The number of hydrogen-bond acceptors (Lipinski definition) is 2. The molecular formula is C20H17N5. The largest absolute Gasteiger partial charge is 0.361 e. The van der Waals surface area contributed by atoms with Crippen LogP contribution >= 0.6 is 0 Å². The van der Waals surface area contributed by atoms with Gasteiger partial charge in [-0.3, -0.25) is 0 Å². The molecule has 0 aliphatic rings. The summed E-state index contributed by atoms with van der Waals surface area (Å²) in [6, 6.07) is 16.2. The molecule has 5 nitrogen and oxygen atoms in total. The van der Waals surface area contributed by atoms with Crippen molar-refractivity contribution in [2.45, 2.75) is 13.8 Å². The Morgan fingerprint density at radius 1 is 0.600 bits per heavy atom. The number of rotatable bonds is 2. The van der Waals surface area contributed by atoms with Crippen molar-refractivity contribution in [3.63, 3.8) is 0 Å². The molecule has 5 heteroatoms. The number of nitrogens with one attached hydrogen (secondary N) is 3. The first-order chi connectivity index (χ1) is 12.2. The first-order valence-corrected chi connectivity index (χ1v) is 8.30. The zero-order valence-electron chi connectivity index (χ0n) is 14.0. The Hall–Kier alpha value is -3.34. The van der Waals surface area contributed by atoms with Gasteiger partial charge in [0, 0.05) is 22.5 Å². The molecule has 3 heterocycles. The lowest BCUT2D eigenvalue weighted by molar-refractivity contribution is 1.18. The summed E-state index contributed by atoms with van der Waals surface area (Å²) in [4.78, 5) is 19.9. The van der Waals surface area contributed by atoms with Crippen LogP contribution in [-0.2, 0) is 0 Å². The van der Waals surface area contributed by atoms with Crippen molar-refractivity contribution in [2.24, 2.45) is 0 Å². The Morgan fingerprint density at radius 3 is 1.48 bits per heavy atom. The maximum Gasteiger partial charge on any atom is 0.141 e. The summed E-state index contributed by atoms with van der Waals surface area (Å²) in [7, 11) is 0. The van der Waals surface area contributed by atoms with Gasteiger partial charge in [0.05, 0.1) is 22.1 Å². The van der Waals surface area contributed by atoms with Crippen LogP contribution in [0.15, 0.2) is 48.5 Å². The van der Waals surface area contributed by atoms with Crippen molar-refractivity contribution in [3.8, 4) is 22.8 Å². The predicted octanol–water partition coefficient (Wildman–Crippen LogP) is 4.72. The highest BCUT2D eigenvalue weighted by atomic mass is 15.0. The van der Waals surface area contributed by atoms with E-state index in [4.69, 9.17) is 9.97 Å². The molecule has 0 radical (unpaired) electrons. The van der Waals surface area contributed by atoms with Gasteiger partial charge in [0.1, 0.15) is 11.6 Å². The number of nitrogens with zero attached hydrogens (tertiary/aromatic N) is 2. The quantitative estimate of drug-likeness (QED) is 0.439. The number of H-pyrrole nitrogens is 3. The van der Waals surface area contributed by atoms with E-state index in [-0.39, 0.29) is 0 Å². The summed E-state index contributed by atoms with van der Waals surface area (Å²) in [6.45, 7) is 4.14. The zero-order chi connectivity index (χ0) is 17.0. The van der Waals surface area contributed by atoms with Gasteiger partial charge in [-0.15, -0.1) is 0 Å². The van der Waals surface area contributed by atoms with Crippen molar-refractivity contribution in [1.29, 1.82) is 0 Å². The lowest BCUT2D eigenvalue weighted by Gasteiger charge is -2.01. The molecular weight excluding hydrogens is 310 g/mol. The van der Waals surface area contributed by atoms with Crippen LogP contribution in [0.2, 0.25) is 0 Å². The third-order valence-corrected chi connectivity index (χ3v) is 4.63. The molecule has 3 aromatic heterocycles. The van der Waals surface area contributed by atoms with Crippen molar-refractivity contribution in [1.82, 2.24) is 24.9 Å². The van der Waals surface area contributed by atoms with Crippen LogP contribution in [0, 0.1) is 13.8 Å². The molecule has 25 heavy (non-hydrogen) atoms. The fourth-order valence-electron chi connectivity index (χ4n) is 3.52. The predicted molar refractivity (Wildman–Crippen MR) is 100 cm³/mol. The molecule has 0 amide bonds. The second-order valence-electron chi connectivity index (χ2n) is 6.33. The van der Waals surface area contributed by atoms with Gasteiger partial charge in [0.15, 0.2) is 0 Å². The number of benzene rings is 2. The number of hydrogen-bond donors (Lipinski definition) is 3. The van der Waals surface area contributed by atoms with Crippen LogP contribution < -0.4 is 0 Å². The average Bonchev–Trinajstić information content (AvgIpc) is 3.28. The van der Waals surface area contributed by atoms with Crippen molar-refractivity contribution in [3.05, 3.63) is 59.9 Å². The third-order valence-electron chi connectivity index (χ3n) is 4.63. The minimum absolute atomic E-state index is 0.860. The van der Waals surface area contributed by atoms with E-state index in [0.717, 1.165) is 56.2 Å². The highest BCUT2D eigenvalue weighted by Gasteiger charge is 2.21. The zero-order valence-corrected chi connectivity index (χ0v) is 14.0. The van der Waals surface area contributed by atoms with Gasteiger partial charge in [-0.05, 0) is 38.1 Å². The van der Waals surface area contributed by atoms with Crippen LogP contribution in [0.25, 0.3) is 44.8 Å². The first kappa shape index (κ1) is 14.0. The summed E-state index contributed by atoms with van der Waals surface area (Å²) >= 11 is 0. The van der Waals surface area contributed by atoms with Crippen LogP contribution in [0.5, 0.6) is 0 Å². The summed E-state index contributed by atoms with van der Waals surface area (Å²) in [6.07, 6.45) is 0. The Bertz CT molecular complexity index is 1060. The maximum atomic E-state index is 4.78. The lowest BCUT2D eigenvalue weighted by Crippen LogP contribution is -1.88. The summed E-state index contributed by atoms with van der Waals surface area (Å²) in [5, 5.41) is 0. The minimum atomic E-state index is 0.860. The SMILES string of the molecule is Cc1[nH]c(C)c(-c2nc3ccccc3[nH]2)c1-c1nc2ccccc2[nH]1. The molecule has 0 saturated carbocycles. The summed E-state index contributed by atoms with van der Waals surface area (Å²) < 4.78 is 0.